The van der Waals surface area contributed by atoms with Crippen LogP contribution >= 0.6 is 0 Å². The molecule has 0 aliphatic carbocycles. The van der Waals surface area contributed by atoms with Gasteiger partial charge in [-0.3, -0.25) is 9.69 Å². The fraction of sp³-hybridized carbons (Fsp3) is 0.632. The maximum absolute atomic E-state index is 12.6. The first-order chi connectivity index (χ1) is 12.2. The first-order valence-corrected chi connectivity index (χ1v) is 11.1. The molecule has 6 nitrogen and oxygen atoms in total. The fourth-order valence-electron chi connectivity index (χ4n) is 3.94. The summed E-state index contributed by atoms with van der Waals surface area (Å²) >= 11 is 0. The Morgan fingerprint density at radius 1 is 1.23 bits per heavy atom. The zero-order chi connectivity index (χ0) is 18.9. The van der Waals surface area contributed by atoms with Gasteiger partial charge in [0.1, 0.15) is 6.04 Å². The summed E-state index contributed by atoms with van der Waals surface area (Å²) < 4.78 is 25.0. The van der Waals surface area contributed by atoms with Gasteiger partial charge in [0.2, 0.25) is 15.9 Å². The average Bonchev–Trinajstić information content (AvgIpc) is 3.09. The van der Waals surface area contributed by atoms with Crippen LogP contribution < -0.4 is 5.32 Å². The van der Waals surface area contributed by atoms with Gasteiger partial charge in [0.25, 0.3) is 0 Å². The largest absolute Gasteiger partial charge is 0.353 e. The molecule has 1 saturated heterocycles. The second-order valence-corrected chi connectivity index (χ2v) is 9.94. The molecule has 1 amide bonds. The molecule has 26 heavy (non-hydrogen) atoms. The van der Waals surface area contributed by atoms with E-state index < -0.39 is 16.1 Å². The molecular formula is C19H29N3O3S. The molecule has 2 heterocycles. The molecule has 7 heteroatoms. The molecule has 1 atom stereocenters. The van der Waals surface area contributed by atoms with Gasteiger partial charge >= 0.3 is 0 Å². The zero-order valence-corrected chi connectivity index (χ0v) is 16.7. The van der Waals surface area contributed by atoms with E-state index >= 15 is 0 Å². The maximum Gasteiger partial charge on any atom is 0.238 e. The fourth-order valence-corrected chi connectivity index (χ4v) is 5.07. The third kappa shape index (κ3) is 4.10. The highest BCUT2D eigenvalue weighted by molar-refractivity contribution is 7.88. The van der Waals surface area contributed by atoms with Gasteiger partial charge in [0.15, 0.2) is 0 Å². The van der Waals surface area contributed by atoms with E-state index in [9.17, 15) is 13.2 Å². The summed E-state index contributed by atoms with van der Waals surface area (Å²) in [7, 11) is -3.34. The first-order valence-electron chi connectivity index (χ1n) is 9.25. The Kier molecular flexibility index (Phi) is 5.42. The molecule has 3 rings (SSSR count). The number of nitrogens with one attached hydrogen (secondary N) is 1. The van der Waals surface area contributed by atoms with Crippen molar-refractivity contribution in [3.8, 4) is 0 Å². The smallest absolute Gasteiger partial charge is 0.238 e. The molecule has 0 saturated carbocycles. The predicted molar refractivity (Wildman–Crippen MR) is 102 cm³/mol. The Labute approximate surface area is 156 Å². The van der Waals surface area contributed by atoms with Crippen molar-refractivity contribution in [3.63, 3.8) is 0 Å². The number of carbonyl (C=O) groups excluding carboxylic acids is 1. The highest BCUT2D eigenvalue weighted by atomic mass is 32.2. The van der Waals surface area contributed by atoms with E-state index in [2.05, 4.69) is 48.3 Å². The number of rotatable bonds is 5. The van der Waals surface area contributed by atoms with Crippen LogP contribution in [0.15, 0.2) is 24.3 Å². The summed E-state index contributed by atoms with van der Waals surface area (Å²) in [4.78, 5) is 15.0. The second-order valence-electron chi connectivity index (χ2n) is 8.00. The standard InChI is InChI=1S/C19H29N3O3S/c1-19(2,21-12-10-15-7-4-5-8-16(15)13-21)14-20-18(23)17-9-6-11-22(17)26(3,24)25/h4-5,7-8,17H,6,9-14H2,1-3H3,(H,20,23). The summed E-state index contributed by atoms with van der Waals surface area (Å²) in [5, 5.41) is 3.00. The van der Waals surface area contributed by atoms with Crippen molar-refractivity contribution in [1.82, 2.24) is 14.5 Å². The number of hydrogen-bond donors (Lipinski definition) is 1. The van der Waals surface area contributed by atoms with Crippen molar-refractivity contribution < 1.29 is 13.2 Å². The van der Waals surface area contributed by atoms with Crippen molar-refractivity contribution in [2.24, 2.45) is 0 Å². The van der Waals surface area contributed by atoms with Crippen LogP contribution in [0.4, 0.5) is 0 Å². The lowest BCUT2D eigenvalue weighted by molar-refractivity contribution is -0.124. The number of sulfonamides is 1. The zero-order valence-electron chi connectivity index (χ0n) is 15.9. The molecule has 2 aliphatic heterocycles. The van der Waals surface area contributed by atoms with Gasteiger partial charge in [-0.15, -0.1) is 0 Å². The Balaban J connectivity index is 1.61. The van der Waals surface area contributed by atoms with Crippen molar-refractivity contribution in [2.75, 3.05) is 25.9 Å². The summed E-state index contributed by atoms with van der Waals surface area (Å²) in [6.07, 6.45) is 3.51. The SMILES string of the molecule is CC(C)(CNC(=O)C1CCCN1S(C)(=O)=O)N1CCc2ccccc2C1. The molecule has 1 aromatic carbocycles. The normalized spacial score (nSPS) is 22.2. The monoisotopic (exact) mass is 379 g/mol. The average molecular weight is 380 g/mol. The second kappa shape index (κ2) is 7.29. The minimum Gasteiger partial charge on any atom is -0.353 e. The first kappa shape index (κ1) is 19.3. The van der Waals surface area contributed by atoms with Crippen LogP contribution in [0.25, 0.3) is 0 Å². The van der Waals surface area contributed by atoms with E-state index in [-0.39, 0.29) is 11.4 Å². The lowest BCUT2D eigenvalue weighted by Crippen LogP contribution is -2.55. The molecule has 1 fully saturated rings. The van der Waals surface area contributed by atoms with Gasteiger partial charge in [-0.25, -0.2) is 8.42 Å². The molecule has 0 radical (unpaired) electrons. The lowest BCUT2D eigenvalue weighted by atomic mass is 9.94. The van der Waals surface area contributed by atoms with Crippen LogP contribution in [0.2, 0.25) is 0 Å². The Bertz CT molecular complexity index is 776. The molecule has 1 aromatic rings. The van der Waals surface area contributed by atoms with E-state index in [4.69, 9.17) is 0 Å². The van der Waals surface area contributed by atoms with E-state index in [1.165, 1.54) is 21.7 Å². The minimum atomic E-state index is -3.34. The van der Waals surface area contributed by atoms with E-state index in [1.54, 1.807) is 0 Å². The van der Waals surface area contributed by atoms with Gasteiger partial charge in [0, 0.05) is 31.7 Å². The van der Waals surface area contributed by atoms with Crippen molar-refractivity contribution in [2.45, 2.75) is 51.2 Å². The number of nitrogens with zero attached hydrogens (tertiary/aromatic N) is 2. The summed E-state index contributed by atoms with van der Waals surface area (Å²) in [5.74, 6) is -0.182. The summed E-state index contributed by atoms with van der Waals surface area (Å²) in [6, 6.07) is 7.93. The van der Waals surface area contributed by atoms with E-state index in [0.29, 0.717) is 19.5 Å². The van der Waals surface area contributed by atoms with Gasteiger partial charge in [0.05, 0.1) is 6.26 Å². The number of carbonyl (C=O) groups is 1. The van der Waals surface area contributed by atoms with Crippen LogP contribution in [0.3, 0.4) is 0 Å². The number of hydrogen-bond acceptors (Lipinski definition) is 4. The van der Waals surface area contributed by atoms with Crippen LogP contribution in [0.1, 0.15) is 37.8 Å². The number of benzene rings is 1. The highest BCUT2D eigenvalue weighted by Gasteiger charge is 2.37. The highest BCUT2D eigenvalue weighted by Crippen LogP contribution is 2.25. The maximum atomic E-state index is 12.6. The van der Waals surface area contributed by atoms with Gasteiger partial charge in [-0.2, -0.15) is 4.31 Å². The minimum absolute atomic E-state index is 0.182. The number of fused-ring (bicyclic) bond motifs is 1. The topological polar surface area (TPSA) is 69.7 Å². The van der Waals surface area contributed by atoms with Crippen molar-refractivity contribution in [1.29, 1.82) is 0 Å². The number of amides is 1. The summed E-state index contributed by atoms with van der Waals surface area (Å²) in [5.41, 5.74) is 2.55. The van der Waals surface area contributed by atoms with Crippen LogP contribution in [0.5, 0.6) is 0 Å². The van der Waals surface area contributed by atoms with Gasteiger partial charge < -0.3 is 5.32 Å². The Hall–Kier alpha value is -1.44. The predicted octanol–water partition coefficient (Wildman–Crippen LogP) is 1.36. The van der Waals surface area contributed by atoms with E-state index in [0.717, 1.165) is 25.9 Å². The summed E-state index contributed by atoms with van der Waals surface area (Å²) in [6.45, 7) is 7.02. The molecule has 0 bridgehead atoms. The lowest BCUT2D eigenvalue weighted by Gasteiger charge is -2.42. The van der Waals surface area contributed by atoms with Gasteiger partial charge in [-0.1, -0.05) is 24.3 Å². The molecular weight excluding hydrogens is 350 g/mol. The van der Waals surface area contributed by atoms with Crippen LogP contribution in [-0.4, -0.2) is 61.0 Å². The molecule has 0 spiro atoms. The quantitative estimate of drug-likeness (QED) is 0.839. The van der Waals surface area contributed by atoms with Crippen molar-refractivity contribution in [3.05, 3.63) is 35.4 Å². The third-order valence-corrected chi connectivity index (χ3v) is 6.90. The van der Waals surface area contributed by atoms with Crippen LogP contribution in [0, 0.1) is 0 Å². The van der Waals surface area contributed by atoms with Crippen molar-refractivity contribution >= 4 is 15.9 Å². The third-order valence-electron chi connectivity index (χ3n) is 5.61. The van der Waals surface area contributed by atoms with Crippen LogP contribution in [-0.2, 0) is 27.8 Å². The molecule has 1 N–H and O–H groups in total. The molecule has 1 unspecified atom stereocenters. The van der Waals surface area contributed by atoms with E-state index in [1.807, 2.05) is 0 Å². The van der Waals surface area contributed by atoms with Gasteiger partial charge in [-0.05, 0) is 44.2 Å². The Morgan fingerprint density at radius 2 is 1.92 bits per heavy atom. The molecule has 144 valence electrons. The Morgan fingerprint density at radius 3 is 2.62 bits per heavy atom. The molecule has 2 aliphatic rings. The molecule has 0 aromatic heterocycles.